The van der Waals surface area contributed by atoms with Crippen LogP contribution >= 0.6 is 11.6 Å². The second-order valence-electron chi connectivity index (χ2n) is 9.63. The number of carbonyl (C=O) groups excluding carboxylic acids is 1. The summed E-state index contributed by atoms with van der Waals surface area (Å²) in [7, 11) is 1.37. The number of hydrogen-bond acceptors (Lipinski definition) is 6. The molecule has 0 saturated heterocycles. The zero-order valence-corrected chi connectivity index (χ0v) is 20.9. The minimum Gasteiger partial charge on any atom is -0.503 e. The highest BCUT2D eigenvalue weighted by molar-refractivity contribution is 6.32. The molecule has 0 aliphatic heterocycles. The Labute approximate surface area is 217 Å². The highest BCUT2D eigenvalue weighted by Crippen LogP contribution is 2.42. The van der Waals surface area contributed by atoms with E-state index in [1.807, 2.05) is 0 Å². The average molecular weight is 528 g/mol. The summed E-state index contributed by atoms with van der Waals surface area (Å²) in [5.41, 5.74) is 1.86. The molecule has 2 unspecified atom stereocenters. The van der Waals surface area contributed by atoms with Crippen LogP contribution in [0.4, 0.5) is 14.9 Å². The van der Waals surface area contributed by atoms with E-state index in [1.165, 1.54) is 31.5 Å². The van der Waals surface area contributed by atoms with Crippen molar-refractivity contribution in [2.75, 3.05) is 12.4 Å². The van der Waals surface area contributed by atoms with Crippen molar-refractivity contribution in [1.29, 1.82) is 0 Å². The van der Waals surface area contributed by atoms with Crippen LogP contribution in [0.2, 0.25) is 5.02 Å². The maximum atomic E-state index is 15.3. The first kappa shape index (κ1) is 25.1. The molecular weight excluding hydrogens is 501 g/mol. The molecule has 5 rings (SSSR count). The lowest BCUT2D eigenvalue weighted by Gasteiger charge is -2.33. The van der Waals surface area contributed by atoms with Gasteiger partial charge < -0.3 is 25.6 Å². The van der Waals surface area contributed by atoms with Gasteiger partial charge in [-0.3, -0.25) is 9.78 Å². The quantitative estimate of drug-likeness (QED) is 0.278. The van der Waals surface area contributed by atoms with Gasteiger partial charge in [0.2, 0.25) is 0 Å². The normalized spacial score (nSPS) is 19.4. The SMILES string of the molecule is COc1cc(-c2cc3c(NC4CCCCC4NC(=O)O)c(C(=O)C4CC4)cnc3cc2F)cc(Cl)c1O. The molecule has 194 valence electrons. The molecule has 2 aliphatic carbocycles. The third kappa shape index (κ3) is 5.00. The van der Waals surface area contributed by atoms with E-state index in [4.69, 9.17) is 16.3 Å². The summed E-state index contributed by atoms with van der Waals surface area (Å²) in [5, 5.41) is 26.1. The molecule has 2 aromatic carbocycles. The number of carboxylic acid groups (broad SMARTS) is 1. The van der Waals surface area contributed by atoms with Crippen LogP contribution in [0.15, 0.2) is 30.5 Å². The Bertz CT molecular complexity index is 1390. The largest absolute Gasteiger partial charge is 0.503 e. The lowest BCUT2D eigenvalue weighted by molar-refractivity contribution is 0.0968. The summed E-state index contributed by atoms with van der Waals surface area (Å²) in [5.74, 6) is -0.806. The molecule has 2 fully saturated rings. The van der Waals surface area contributed by atoms with Crippen LogP contribution in [0, 0.1) is 11.7 Å². The number of nitrogens with zero attached hydrogens (tertiary/aromatic N) is 1. The van der Waals surface area contributed by atoms with Gasteiger partial charge in [0.1, 0.15) is 5.82 Å². The van der Waals surface area contributed by atoms with Crippen LogP contribution in [0.1, 0.15) is 48.9 Å². The summed E-state index contributed by atoms with van der Waals surface area (Å²) < 4.78 is 20.5. The number of phenols is 1. The minimum atomic E-state index is -1.10. The Hall–Kier alpha value is -3.59. The number of hydrogen-bond donors (Lipinski definition) is 4. The van der Waals surface area contributed by atoms with Crippen LogP contribution in [0.25, 0.3) is 22.0 Å². The summed E-state index contributed by atoms with van der Waals surface area (Å²) >= 11 is 6.17. The van der Waals surface area contributed by atoms with Crippen LogP contribution in [-0.4, -0.2) is 46.3 Å². The number of ether oxygens (including phenoxy) is 1. The number of methoxy groups -OCH3 is 1. The van der Waals surface area contributed by atoms with E-state index in [-0.39, 0.29) is 45.9 Å². The van der Waals surface area contributed by atoms with Gasteiger partial charge in [0.15, 0.2) is 17.3 Å². The van der Waals surface area contributed by atoms with Gasteiger partial charge in [-0.2, -0.15) is 0 Å². The lowest BCUT2D eigenvalue weighted by Crippen LogP contribution is -2.48. The van der Waals surface area contributed by atoms with Crippen molar-refractivity contribution < 1.29 is 28.9 Å². The molecule has 2 aliphatic rings. The van der Waals surface area contributed by atoms with Gasteiger partial charge >= 0.3 is 6.09 Å². The Morgan fingerprint density at radius 1 is 1.11 bits per heavy atom. The number of amides is 1. The van der Waals surface area contributed by atoms with Crippen LogP contribution < -0.4 is 15.4 Å². The number of anilines is 1. The molecule has 37 heavy (non-hydrogen) atoms. The van der Waals surface area contributed by atoms with Gasteiger partial charge in [-0.15, -0.1) is 0 Å². The minimum absolute atomic E-state index is 0.00720. The number of pyridine rings is 1. The smallest absolute Gasteiger partial charge is 0.404 e. The maximum Gasteiger partial charge on any atom is 0.404 e. The van der Waals surface area contributed by atoms with Crippen molar-refractivity contribution in [3.63, 3.8) is 0 Å². The number of fused-ring (bicyclic) bond motifs is 1. The molecule has 10 heteroatoms. The van der Waals surface area contributed by atoms with Crippen molar-refractivity contribution in [2.24, 2.45) is 5.92 Å². The number of aromatic nitrogens is 1. The number of aromatic hydroxyl groups is 1. The Kier molecular flexibility index (Phi) is 6.81. The van der Waals surface area contributed by atoms with Gasteiger partial charge in [-0.1, -0.05) is 24.4 Å². The number of carbonyl (C=O) groups is 2. The van der Waals surface area contributed by atoms with Crippen molar-refractivity contribution >= 4 is 40.1 Å². The fraction of sp³-hybridized carbons (Fsp3) is 0.370. The highest BCUT2D eigenvalue weighted by Gasteiger charge is 2.34. The molecule has 3 aromatic rings. The molecule has 0 bridgehead atoms. The first-order valence-corrected chi connectivity index (χ1v) is 12.6. The number of phenolic OH excluding ortho intramolecular Hbond substituents is 1. The van der Waals surface area contributed by atoms with Crippen LogP contribution in [0.3, 0.4) is 0 Å². The molecule has 4 N–H and O–H groups in total. The van der Waals surface area contributed by atoms with Crippen molar-refractivity contribution in [3.05, 3.63) is 46.9 Å². The fourth-order valence-electron chi connectivity index (χ4n) is 5.05. The molecule has 0 radical (unpaired) electrons. The Balaban J connectivity index is 1.66. The van der Waals surface area contributed by atoms with Crippen LogP contribution in [0.5, 0.6) is 11.5 Å². The van der Waals surface area contributed by atoms with Crippen LogP contribution in [-0.2, 0) is 0 Å². The lowest BCUT2D eigenvalue weighted by atomic mass is 9.89. The topological polar surface area (TPSA) is 121 Å². The third-order valence-corrected chi connectivity index (χ3v) is 7.42. The van der Waals surface area contributed by atoms with Gasteiger partial charge in [0, 0.05) is 35.2 Å². The van der Waals surface area contributed by atoms with Gasteiger partial charge in [0.05, 0.1) is 34.9 Å². The summed E-state index contributed by atoms with van der Waals surface area (Å²) in [6, 6.07) is 5.24. The van der Waals surface area contributed by atoms with E-state index in [2.05, 4.69) is 15.6 Å². The van der Waals surface area contributed by atoms with E-state index < -0.39 is 11.9 Å². The molecule has 2 saturated carbocycles. The zero-order valence-electron chi connectivity index (χ0n) is 20.2. The highest BCUT2D eigenvalue weighted by atomic mass is 35.5. The van der Waals surface area contributed by atoms with E-state index in [0.717, 1.165) is 25.7 Å². The predicted molar refractivity (Wildman–Crippen MR) is 138 cm³/mol. The predicted octanol–water partition coefficient (Wildman–Crippen LogP) is 5.99. The molecule has 1 aromatic heterocycles. The van der Waals surface area contributed by atoms with E-state index in [9.17, 15) is 19.8 Å². The van der Waals surface area contributed by atoms with Gasteiger partial charge in [-0.05, 0) is 49.4 Å². The molecule has 8 nitrogen and oxygen atoms in total. The Morgan fingerprint density at radius 2 is 1.84 bits per heavy atom. The van der Waals surface area contributed by atoms with Gasteiger partial charge in [0.25, 0.3) is 0 Å². The third-order valence-electron chi connectivity index (χ3n) is 7.13. The second kappa shape index (κ2) is 10.0. The maximum absolute atomic E-state index is 15.3. The number of nitrogens with one attached hydrogen (secondary N) is 2. The number of ketones is 1. The number of Topliss-reactive ketones (excluding diaryl/α,β-unsaturated/α-hetero) is 1. The zero-order chi connectivity index (χ0) is 26.3. The average Bonchev–Trinajstić information content (AvgIpc) is 3.71. The van der Waals surface area contributed by atoms with E-state index in [0.29, 0.717) is 40.6 Å². The number of halogens is 2. The second-order valence-corrected chi connectivity index (χ2v) is 10.0. The summed E-state index contributed by atoms with van der Waals surface area (Å²) in [6.07, 6.45) is 5.19. The van der Waals surface area contributed by atoms with E-state index in [1.54, 1.807) is 6.07 Å². The molecule has 0 spiro atoms. The summed E-state index contributed by atoms with van der Waals surface area (Å²) in [6.45, 7) is 0. The molecule has 1 heterocycles. The molecule has 1 amide bonds. The van der Waals surface area contributed by atoms with Crippen molar-refractivity contribution in [3.8, 4) is 22.6 Å². The Morgan fingerprint density at radius 3 is 2.51 bits per heavy atom. The first-order valence-electron chi connectivity index (χ1n) is 12.3. The molecule has 2 atom stereocenters. The first-order chi connectivity index (χ1) is 17.8. The fourth-order valence-corrected chi connectivity index (χ4v) is 5.26. The van der Waals surface area contributed by atoms with Crippen molar-refractivity contribution in [1.82, 2.24) is 10.3 Å². The number of rotatable bonds is 7. The van der Waals surface area contributed by atoms with Gasteiger partial charge in [-0.25, -0.2) is 9.18 Å². The molecular formula is C27H27ClFN3O5. The van der Waals surface area contributed by atoms with E-state index >= 15 is 4.39 Å². The number of benzene rings is 2. The van der Waals surface area contributed by atoms with Crippen molar-refractivity contribution in [2.45, 2.75) is 50.6 Å². The summed E-state index contributed by atoms with van der Waals surface area (Å²) in [4.78, 5) is 29.0. The monoisotopic (exact) mass is 527 g/mol. The standard InChI is InChI=1S/C27H27ClFN3O5/c1-37-23-9-14(8-18(28)26(23)34)15-10-16-22(11-19(15)29)30-12-17(25(33)13-6-7-13)24(16)31-20-4-2-3-5-21(20)32-27(35)36/h8-13,20-21,32,34H,2-7H2,1H3,(H,30,31)(H,35,36).